The van der Waals surface area contributed by atoms with Gasteiger partial charge >= 0.3 is 0 Å². The molecule has 5 nitrogen and oxygen atoms in total. The van der Waals surface area contributed by atoms with Gasteiger partial charge in [-0.05, 0) is 93.0 Å². The Hall–Kier alpha value is -1.95. The maximum absolute atomic E-state index is 12.5. The third-order valence-electron chi connectivity index (χ3n) is 7.05. The highest BCUT2D eigenvalue weighted by Crippen LogP contribution is 2.61. The molecule has 0 saturated heterocycles. The number of carbonyl (C=O) groups excluding carboxylic acids is 2. The van der Waals surface area contributed by atoms with Crippen LogP contribution in [0.1, 0.15) is 55.8 Å². The van der Waals surface area contributed by atoms with Gasteiger partial charge in [-0.1, -0.05) is 18.2 Å². The van der Waals surface area contributed by atoms with Crippen molar-refractivity contribution in [1.82, 2.24) is 16.0 Å². The second-order valence-electron chi connectivity index (χ2n) is 9.07. The molecule has 4 fully saturated rings. The molecule has 0 aromatic heterocycles. The smallest absolute Gasteiger partial charge is 0.257 e. The first-order valence-electron chi connectivity index (χ1n) is 10.4. The summed E-state index contributed by atoms with van der Waals surface area (Å²) >= 11 is 5.15. The highest BCUT2D eigenvalue weighted by atomic mass is 32.1. The highest BCUT2D eigenvalue weighted by molar-refractivity contribution is 7.80. The van der Waals surface area contributed by atoms with Gasteiger partial charge in [0, 0.05) is 11.6 Å². The summed E-state index contributed by atoms with van der Waals surface area (Å²) in [4.78, 5) is 24.6. The van der Waals surface area contributed by atoms with Crippen molar-refractivity contribution in [3.63, 3.8) is 0 Å². The number of nitrogens with one attached hydrogen (secondary N) is 3. The summed E-state index contributed by atoms with van der Waals surface area (Å²) in [7, 11) is 0. The molecule has 0 aliphatic heterocycles. The third kappa shape index (κ3) is 4.07. The van der Waals surface area contributed by atoms with Crippen molar-refractivity contribution in [2.75, 3.05) is 6.54 Å². The van der Waals surface area contributed by atoms with E-state index >= 15 is 0 Å². The zero-order chi connectivity index (χ0) is 19.7. The van der Waals surface area contributed by atoms with E-state index in [1.807, 2.05) is 6.07 Å². The summed E-state index contributed by atoms with van der Waals surface area (Å²) in [5.74, 6) is 2.25. The quantitative estimate of drug-likeness (QED) is 0.666. The Balaban J connectivity index is 1.24. The Labute approximate surface area is 172 Å². The van der Waals surface area contributed by atoms with Crippen molar-refractivity contribution in [3.05, 3.63) is 35.9 Å². The molecule has 4 aliphatic carbocycles. The van der Waals surface area contributed by atoms with E-state index in [2.05, 4.69) is 22.9 Å². The molecule has 0 radical (unpaired) electrons. The fourth-order valence-electron chi connectivity index (χ4n) is 6.12. The molecule has 4 saturated carbocycles. The predicted molar refractivity (Wildman–Crippen MR) is 113 cm³/mol. The standard InChI is InChI=1S/C22H29N3O2S/c1-14(22-10-15-7-16(11-22)9-17(8-15)12-22)24-19(26)13-23-21(28)25-20(27)18-5-3-2-4-6-18/h2-6,14-17H,7-13H2,1H3,(H,24,26)(H2,23,25,27,28)/t14-,15?,16?,17?,22?/m0/s1. The van der Waals surface area contributed by atoms with Crippen LogP contribution in [-0.4, -0.2) is 29.5 Å². The van der Waals surface area contributed by atoms with Crippen LogP contribution in [-0.2, 0) is 4.79 Å². The van der Waals surface area contributed by atoms with Crippen LogP contribution < -0.4 is 16.0 Å². The van der Waals surface area contributed by atoms with Gasteiger partial charge in [-0.25, -0.2) is 0 Å². The molecule has 0 unspecified atom stereocenters. The van der Waals surface area contributed by atoms with Crippen molar-refractivity contribution < 1.29 is 9.59 Å². The predicted octanol–water partition coefficient (Wildman–Crippen LogP) is 3.01. The zero-order valence-electron chi connectivity index (χ0n) is 16.4. The lowest BCUT2D eigenvalue weighted by Gasteiger charge is -2.59. The van der Waals surface area contributed by atoms with Crippen molar-refractivity contribution in [2.24, 2.45) is 23.2 Å². The van der Waals surface area contributed by atoms with Crippen LogP contribution in [0.3, 0.4) is 0 Å². The summed E-state index contributed by atoms with van der Waals surface area (Å²) in [5.41, 5.74) is 0.818. The average Bonchev–Trinajstić information content (AvgIpc) is 2.66. The molecule has 0 heterocycles. The van der Waals surface area contributed by atoms with Gasteiger partial charge in [0.2, 0.25) is 5.91 Å². The lowest BCUT2D eigenvalue weighted by atomic mass is 9.48. The van der Waals surface area contributed by atoms with Crippen LogP contribution in [0.4, 0.5) is 0 Å². The maximum atomic E-state index is 12.5. The lowest BCUT2D eigenvalue weighted by Crippen LogP contribution is -2.57. The Bertz CT molecular complexity index is 729. The maximum Gasteiger partial charge on any atom is 0.257 e. The van der Waals surface area contributed by atoms with E-state index in [0.717, 1.165) is 17.8 Å². The molecule has 1 aromatic rings. The van der Waals surface area contributed by atoms with Crippen LogP contribution in [0.2, 0.25) is 0 Å². The third-order valence-corrected chi connectivity index (χ3v) is 7.30. The van der Waals surface area contributed by atoms with Gasteiger partial charge in [0.15, 0.2) is 5.11 Å². The minimum absolute atomic E-state index is 0.0699. The Morgan fingerprint density at radius 2 is 1.64 bits per heavy atom. The number of rotatable bonds is 5. The second kappa shape index (κ2) is 7.82. The van der Waals surface area contributed by atoms with Crippen molar-refractivity contribution in [1.29, 1.82) is 0 Å². The van der Waals surface area contributed by atoms with Gasteiger partial charge < -0.3 is 10.6 Å². The molecule has 0 spiro atoms. The average molecular weight is 400 g/mol. The van der Waals surface area contributed by atoms with E-state index in [9.17, 15) is 9.59 Å². The van der Waals surface area contributed by atoms with Gasteiger partial charge in [0.1, 0.15) is 0 Å². The van der Waals surface area contributed by atoms with E-state index in [4.69, 9.17) is 12.2 Å². The molecule has 6 heteroatoms. The molecule has 5 rings (SSSR count). The first-order valence-corrected chi connectivity index (χ1v) is 10.8. The fraction of sp³-hybridized carbons (Fsp3) is 0.591. The van der Waals surface area contributed by atoms with E-state index < -0.39 is 0 Å². The SMILES string of the molecule is C[C@H](NC(=O)CNC(=S)NC(=O)c1ccccc1)C12CC3CC(CC(C3)C1)C2. The molecule has 150 valence electrons. The van der Waals surface area contributed by atoms with Crippen molar-refractivity contribution in [2.45, 2.75) is 51.5 Å². The molecular formula is C22H29N3O2S. The minimum Gasteiger partial charge on any atom is -0.353 e. The fourth-order valence-corrected chi connectivity index (χ4v) is 6.29. The number of hydrogen-bond acceptors (Lipinski definition) is 3. The van der Waals surface area contributed by atoms with E-state index in [1.165, 1.54) is 38.5 Å². The minimum atomic E-state index is -0.277. The molecule has 4 bridgehead atoms. The van der Waals surface area contributed by atoms with Crippen LogP contribution in [0.25, 0.3) is 0 Å². The van der Waals surface area contributed by atoms with Crippen LogP contribution in [0.15, 0.2) is 30.3 Å². The van der Waals surface area contributed by atoms with Gasteiger partial charge in [-0.2, -0.15) is 0 Å². The van der Waals surface area contributed by atoms with Crippen molar-refractivity contribution in [3.8, 4) is 0 Å². The number of carbonyl (C=O) groups is 2. The molecule has 1 aromatic carbocycles. The highest BCUT2D eigenvalue weighted by Gasteiger charge is 2.53. The molecule has 4 aliphatic rings. The zero-order valence-corrected chi connectivity index (χ0v) is 17.2. The topological polar surface area (TPSA) is 70.2 Å². The Morgan fingerprint density at radius 1 is 1.07 bits per heavy atom. The van der Waals surface area contributed by atoms with Crippen LogP contribution in [0, 0.1) is 23.2 Å². The number of thiocarbonyl (C=S) groups is 1. The first kappa shape index (κ1) is 19.4. The number of benzene rings is 1. The summed E-state index contributed by atoms with van der Waals surface area (Å²) in [6.07, 6.45) is 7.99. The first-order chi connectivity index (χ1) is 13.4. The monoisotopic (exact) mass is 399 g/mol. The van der Waals surface area contributed by atoms with E-state index in [0.29, 0.717) is 5.56 Å². The summed E-state index contributed by atoms with van der Waals surface area (Å²) in [6, 6.07) is 9.07. The Kier molecular flexibility index (Phi) is 5.41. The van der Waals surface area contributed by atoms with E-state index in [-0.39, 0.29) is 34.9 Å². The molecule has 2 amide bonds. The van der Waals surface area contributed by atoms with Gasteiger partial charge in [-0.15, -0.1) is 0 Å². The normalized spacial score (nSPS) is 31.1. The van der Waals surface area contributed by atoms with E-state index in [1.54, 1.807) is 24.3 Å². The largest absolute Gasteiger partial charge is 0.353 e. The molecule has 3 N–H and O–H groups in total. The Morgan fingerprint density at radius 3 is 2.21 bits per heavy atom. The summed E-state index contributed by atoms with van der Waals surface area (Å²) in [5, 5.41) is 8.84. The molecular weight excluding hydrogens is 370 g/mol. The molecule has 28 heavy (non-hydrogen) atoms. The van der Waals surface area contributed by atoms with Crippen LogP contribution in [0.5, 0.6) is 0 Å². The second-order valence-corrected chi connectivity index (χ2v) is 9.48. The van der Waals surface area contributed by atoms with Gasteiger partial charge in [0.05, 0.1) is 6.54 Å². The van der Waals surface area contributed by atoms with Gasteiger partial charge in [0.25, 0.3) is 5.91 Å². The van der Waals surface area contributed by atoms with Crippen LogP contribution >= 0.6 is 12.2 Å². The number of amides is 2. The lowest BCUT2D eigenvalue weighted by molar-refractivity contribution is -0.124. The van der Waals surface area contributed by atoms with Gasteiger partial charge in [-0.3, -0.25) is 14.9 Å². The number of hydrogen-bond donors (Lipinski definition) is 3. The summed E-state index contributed by atoms with van der Waals surface area (Å²) in [6.45, 7) is 2.24. The molecule has 1 atom stereocenters. The van der Waals surface area contributed by atoms with Crippen molar-refractivity contribution >= 4 is 29.1 Å². The summed E-state index contributed by atoms with van der Waals surface area (Å²) < 4.78 is 0.